The minimum Gasteiger partial charge on any atom is -0.478 e. The van der Waals surface area contributed by atoms with Crippen LogP contribution in [0, 0.1) is 11.8 Å². The van der Waals surface area contributed by atoms with Gasteiger partial charge in [0.2, 0.25) is 0 Å². The second-order valence-electron chi connectivity index (χ2n) is 4.99. The average Bonchev–Trinajstić information content (AvgIpc) is 2.38. The first kappa shape index (κ1) is 17.4. The van der Waals surface area contributed by atoms with E-state index in [4.69, 9.17) is 5.11 Å². The van der Waals surface area contributed by atoms with Crippen molar-refractivity contribution in [1.29, 1.82) is 0 Å². The molecule has 0 spiro atoms. The SMILES string of the molecule is CC[C@H](C)/C=C/C(C)=C/C[C@H](C)/C=C/C=C/C(=O)O. The normalized spacial score (nSPS) is 16.5. The molecule has 0 aromatic rings. The molecule has 1 N–H and O–H groups in total. The van der Waals surface area contributed by atoms with Gasteiger partial charge in [-0.3, -0.25) is 0 Å². The maximum atomic E-state index is 10.3. The molecule has 0 radical (unpaired) electrons. The molecule has 0 bridgehead atoms. The van der Waals surface area contributed by atoms with Crippen LogP contribution < -0.4 is 0 Å². The van der Waals surface area contributed by atoms with E-state index in [1.165, 1.54) is 12.0 Å². The number of rotatable bonds is 8. The average molecular weight is 262 g/mol. The summed E-state index contributed by atoms with van der Waals surface area (Å²) in [6.45, 7) is 8.63. The van der Waals surface area contributed by atoms with Crippen molar-refractivity contribution < 1.29 is 9.90 Å². The largest absolute Gasteiger partial charge is 0.478 e. The quantitative estimate of drug-likeness (QED) is 0.506. The summed E-state index contributed by atoms with van der Waals surface area (Å²) in [7, 11) is 0. The van der Waals surface area contributed by atoms with Crippen molar-refractivity contribution in [1.82, 2.24) is 0 Å². The minimum absolute atomic E-state index is 0.408. The maximum Gasteiger partial charge on any atom is 0.328 e. The zero-order valence-electron chi connectivity index (χ0n) is 12.5. The Bertz CT molecular complexity index is 373. The summed E-state index contributed by atoms with van der Waals surface area (Å²) in [5.41, 5.74) is 1.28. The zero-order valence-corrected chi connectivity index (χ0v) is 12.5. The van der Waals surface area contributed by atoms with E-state index in [9.17, 15) is 4.79 Å². The van der Waals surface area contributed by atoms with Gasteiger partial charge in [-0.25, -0.2) is 4.79 Å². The standard InChI is InChI=1S/C17H26O2/c1-5-14(2)10-11-16(4)13-12-15(3)8-6-7-9-17(18)19/h6-11,13-15H,5,12H2,1-4H3,(H,18,19)/b8-6+,9-7+,11-10+,16-13+/t14-,15+/m0/s1. The van der Waals surface area contributed by atoms with Crippen molar-refractivity contribution in [3.63, 3.8) is 0 Å². The Kier molecular flexibility index (Phi) is 9.51. The topological polar surface area (TPSA) is 37.3 Å². The molecular weight excluding hydrogens is 236 g/mol. The lowest BCUT2D eigenvalue weighted by molar-refractivity contribution is -0.131. The number of hydrogen-bond donors (Lipinski definition) is 1. The number of carboxylic acid groups (broad SMARTS) is 1. The van der Waals surface area contributed by atoms with Crippen LogP contribution in [0.3, 0.4) is 0 Å². The summed E-state index contributed by atoms with van der Waals surface area (Å²) in [6.07, 6.45) is 15.3. The first-order valence-corrected chi connectivity index (χ1v) is 6.88. The van der Waals surface area contributed by atoms with E-state index in [2.05, 4.69) is 45.9 Å². The predicted molar refractivity (Wildman–Crippen MR) is 82.0 cm³/mol. The summed E-state index contributed by atoms with van der Waals surface area (Å²) >= 11 is 0. The fourth-order valence-electron chi connectivity index (χ4n) is 1.36. The molecule has 2 atom stereocenters. The van der Waals surface area contributed by atoms with Crippen LogP contribution >= 0.6 is 0 Å². The van der Waals surface area contributed by atoms with Crippen LogP contribution in [-0.4, -0.2) is 11.1 Å². The first-order valence-electron chi connectivity index (χ1n) is 6.88. The van der Waals surface area contributed by atoms with E-state index in [1.807, 2.05) is 6.08 Å². The summed E-state index contributed by atoms with van der Waals surface area (Å²) < 4.78 is 0. The van der Waals surface area contributed by atoms with Gasteiger partial charge in [-0.1, -0.05) is 69.2 Å². The van der Waals surface area contributed by atoms with Crippen LogP contribution in [0.25, 0.3) is 0 Å². The lowest BCUT2D eigenvalue weighted by Gasteiger charge is -2.02. The minimum atomic E-state index is -0.914. The van der Waals surface area contributed by atoms with Gasteiger partial charge in [0.1, 0.15) is 0 Å². The molecule has 0 saturated carbocycles. The highest BCUT2D eigenvalue weighted by Crippen LogP contribution is 2.10. The van der Waals surface area contributed by atoms with Gasteiger partial charge in [0.25, 0.3) is 0 Å². The molecule has 19 heavy (non-hydrogen) atoms. The van der Waals surface area contributed by atoms with Gasteiger partial charge in [0, 0.05) is 6.08 Å². The number of allylic oxidation sites excluding steroid dienone is 7. The Balaban J connectivity index is 4.16. The number of aliphatic carboxylic acids is 1. The fourth-order valence-corrected chi connectivity index (χ4v) is 1.36. The van der Waals surface area contributed by atoms with E-state index in [0.29, 0.717) is 11.8 Å². The molecule has 0 heterocycles. The highest BCUT2D eigenvalue weighted by Gasteiger charge is 1.94. The highest BCUT2D eigenvalue weighted by molar-refractivity contribution is 5.80. The van der Waals surface area contributed by atoms with Crippen LogP contribution in [0.5, 0.6) is 0 Å². The highest BCUT2D eigenvalue weighted by atomic mass is 16.4. The zero-order chi connectivity index (χ0) is 14.7. The third kappa shape index (κ3) is 11.3. The van der Waals surface area contributed by atoms with Crippen molar-refractivity contribution in [2.45, 2.75) is 40.5 Å². The van der Waals surface area contributed by atoms with Crippen LogP contribution in [0.4, 0.5) is 0 Å². The molecule has 0 aliphatic rings. The number of hydrogen-bond acceptors (Lipinski definition) is 1. The lowest BCUT2D eigenvalue weighted by Crippen LogP contribution is -1.88. The fraction of sp³-hybridized carbons (Fsp3) is 0.471. The molecule has 2 nitrogen and oxygen atoms in total. The molecular formula is C17H26O2. The van der Waals surface area contributed by atoms with Gasteiger partial charge >= 0.3 is 5.97 Å². The Labute approximate surface area is 117 Å². The molecule has 2 heteroatoms. The molecule has 0 rings (SSSR count). The number of carboxylic acids is 1. The van der Waals surface area contributed by atoms with Crippen molar-refractivity contribution in [2.75, 3.05) is 0 Å². The van der Waals surface area contributed by atoms with Gasteiger partial charge in [-0.15, -0.1) is 0 Å². The second-order valence-corrected chi connectivity index (χ2v) is 4.99. The van der Waals surface area contributed by atoms with E-state index >= 15 is 0 Å². The summed E-state index contributed by atoms with van der Waals surface area (Å²) in [4.78, 5) is 10.3. The second kappa shape index (κ2) is 10.4. The van der Waals surface area contributed by atoms with Crippen molar-refractivity contribution in [2.24, 2.45) is 11.8 Å². The molecule has 0 aliphatic carbocycles. The van der Waals surface area contributed by atoms with Crippen molar-refractivity contribution in [3.8, 4) is 0 Å². The molecule has 0 fully saturated rings. The van der Waals surface area contributed by atoms with Gasteiger partial charge < -0.3 is 5.11 Å². The van der Waals surface area contributed by atoms with Crippen molar-refractivity contribution in [3.05, 3.63) is 48.1 Å². The smallest absolute Gasteiger partial charge is 0.328 e. The molecule has 0 saturated heterocycles. The third-order valence-electron chi connectivity index (χ3n) is 2.93. The van der Waals surface area contributed by atoms with Gasteiger partial charge in [0.05, 0.1) is 0 Å². The Morgan fingerprint density at radius 3 is 2.37 bits per heavy atom. The molecule has 0 amide bonds. The van der Waals surface area contributed by atoms with Gasteiger partial charge in [0.15, 0.2) is 0 Å². The lowest BCUT2D eigenvalue weighted by atomic mass is 10.0. The third-order valence-corrected chi connectivity index (χ3v) is 2.93. The Hall–Kier alpha value is -1.57. The van der Waals surface area contributed by atoms with Crippen LogP contribution in [0.15, 0.2) is 48.1 Å². The Morgan fingerprint density at radius 1 is 1.11 bits per heavy atom. The monoisotopic (exact) mass is 262 g/mol. The first-order chi connectivity index (χ1) is 8.95. The summed E-state index contributed by atoms with van der Waals surface area (Å²) in [5, 5.41) is 8.44. The molecule has 0 aromatic carbocycles. The molecule has 106 valence electrons. The summed E-state index contributed by atoms with van der Waals surface area (Å²) in [5.74, 6) is 0.121. The molecule has 0 aliphatic heterocycles. The van der Waals surface area contributed by atoms with E-state index in [-0.39, 0.29) is 0 Å². The molecule has 0 unspecified atom stereocenters. The van der Waals surface area contributed by atoms with Crippen LogP contribution in [0.2, 0.25) is 0 Å². The summed E-state index contributed by atoms with van der Waals surface area (Å²) in [6, 6.07) is 0. The van der Waals surface area contributed by atoms with E-state index < -0.39 is 5.97 Å². The van der Waals surface area contributed by atoms with Gasteiger partial charge in [-0.05, 0) is 25.2 Å². The number of carbonyl (C=O) groups is 1. The maximum absolute atomic E-state index is 10.3. The van der Waals surface area contributed by atoms with E-state index in [1.54, 1.807) is 12.2 Å². The van der Waals surface area contributed by atoms with Crippen LogP contribution in [-0.2, 0) is 4.79 Å². The predicted octanol–water partition coefficient (Wildman–Crippen LogP) is 4.76. The molecule has 0 aromatic heterocycles. The van der Waals surface area contributed by atoms with Crippen LogP contribution in [0.1, 0.15) is 40.5 Å². The van der Waals surface area contributed by atoms with E-state index in [0.717, 1.165) is 12.5 Å². The van der Waals surface area contributed by atoms with Crippen molar-refractivity contribution >= 4 is 5.97 Å². The van der Waals surface area contributed by atoms with Gasteiger partial charge in [-0.2, -0.15) is 0 Å². The Morgan fingerprint density at radius 2 is 1.79 bits per heavy atom.